The lowest BCUT2D eigenvalue weighted by Crippen LogP contribution is -1.85. The summed E-state index contributed by atoms with van der Waals surface area (Å²) in [5.41, 5.74) is 0.930. The highest BCUT2D eigenvalue weighted by atomic mass is 35.5. The number of rotatable bonds is 0. The molecule has 0 atom stereocenters. The smallest absolute Gasteiger partial charge is 0.136 e. The Morgan fingerprint density at radius 3 is 2.85 bits per heavy atom. The predicted octanol–water partition coefficient (Wildman–Crippen LogP) is 3.34. The van der Waals surface area contributed by atoms with Crippen LogP contribution < -0.4 is 0 Å². The van der Waals surface area contributed by atoms with E-state index in [9.17, 15) is 4.39 Å². The molecule has 13 heavy (non-hydrogen) atoms. The van der Waals surface area contributed by atoms with Crippen LogP contribution in [0.5, 0.6) is 0 Å². The van der Waals surface area contributed by atoms with E-state index in [1.54, 1.807) is 12.3 Å². The zero-order valence-corrected chi connectivity index (χ0v) is 7.77. The normalized spacial score (nSPS) is 10.7. The van der Waals surface area contributed by atoms with Crippen LogP contribution in [0.2, 0.25) is 5.15 Å². The molecule has 0 saturated heterocycles. The van der Waals surface area contributed by atoms with Crippen molar-refractivity contribution in [2.75, 3.05) is 0 Å². The third-order valence-corrected chi connectivity index (χ3v) is 2.30. The number of hydrogen-bond donors (Lipinski definition) is 0. The standard InChI is InChI=1S/C10H7ClFN/c1-6-5-13-10(11)8-3-2-7(12)4-9(6)8/h2-5H,1H3. The average molecular weight is 196 g/mol. The Hall–Kier alpha value is -1.15. The molecule has 1 heterocycles. The van der Waals surface area contributed by atoms with Crippen LogP contribution in [0.15, 0.2) is 24.4 Å². The van der Waals surface area contributed by atoms with Crippen LogP contribution >= 0.6 is 11.6 Å². The number of nitrogens with zero attached hydrogens (tertiary/aromatic N) is 1. The molecule has 0 aliphatic rings. The van der Waals surface area contributed by atoms with E-state index in [2.05, 4.69) is 4.98 Å². The van der Waals surface area contributed by atoms with Gasteiger partial charge < -0.3 is 0 Å². The summed E-state index contributed by atoms with van der Waals surface area (Å²) in [5, 5.41) is 2.03. The number of fused-ring (bicyclic) bond motifs is 1. The van der Waals surface area contributed by atoms with Crippen molar-refractivity contribution in [2.24, 2.45) is 0 Å². The van der Waals surface area contributed by atoms with Crippen molar-refractivity contribution in [1.29, 1.82) is 0 Å². The fourth-order valence-corrected chi connectivity index (χ4v) is 1.53. The fraction of sp³-hybridized carbons (Fsp3) is 0.100. The fourth-order valence-electron chi connectivity index (χ4n) is 1.32. The summed E-state index contributed by atoms with van der Waals surface area (Å²) in [5.74, 6) is -0.252. The van der Waals surface area contributed by atoms with Gasteiger partial charge in [-0.3, -0.25) is 0 Å². The predicted molar refractivity (Wildman–Crippen MR) is 51.4 cm³/mol. The van der Waals surface area contributed by atoms with Crippen molar-refractivity contribution in [3.63, 3.8) is 0 Å². The summed E-state index contributed by atoms with van der Waals surface area (Å²) in [6.45, 7) is 1.88. The van der Waals surface area contributed by atoms with Gasteiger partial charge in [-0.25, -0.2) is 9.37 Å². The van der Waals surface area contributed by atoms with Crippen LogP contribution in [-0.2, 0) is 0 Å². The first-order valence-electron chi connectivity index (χ1n) is 3.89. The van der Waals surface area contributed by atoms with Gasteiger partial charge in [0.05, 0.1) is 0 Å². The molecule has 0 bridgehead atoms. The minimum atomic E-state index is -0.252. The van der Waals surface area contributed by atoms with Crippen molar-refractivity contribution in [3.05, 3.63) is 40.9 Å². The molecule has 0 spiro atoms. The molecule has 1 nitrogen and oxygen atoms in total. The lowest BCUT2D eigenvalue weighted by atomic mass is 10.1. The average Bonchev–Trinajstić information content (AvgIpc) is 2.12. The number of aryl methyl sites for hydroxylation is 1. The summed E-state index contributed by atoms with van der Waals surface area (Å²) in [6.07, 6.45) is 1.64. The van der Waals surface area contributed by atoms with Gasteiger partial charge in [-0.1, -0.05) is 11.6 Å². The molecule has 0 amide bonds. The zero-order chi connectivity index (χ0) is 9.42. The zero-order valence-electron chi connectivity index (χ0n) is 7.01. The quantitative estimate of drug-likeness (QED) is 0.588. The molecule has 3 heteroatoms. The maximum atomic E-state index is 12.9. The monoisotopic (exact) mass is 195 g/mol. The summed E-state index contributed by atoms with van der Waals surface area (Å²) in [6, 6.07) is 4.50. The highest BCUT2D eigenvalue weighted by Crippen LogP contribution is 2.24. The minimum absolute atomic E-state index is 0.252. The second kappa shape index (κ2) is 2.96. The van der Waals surface area contributed by atoms with Crippen LogP contribution in [0.25, 0.3) is 10.8 Å². The summed E-state index contributed by atoms with van der Waals surface area (Å²) in [4.78, 5) is 3.98. The van der Waals surface area contributed by atoms with Gasteiger partial charge >= 0.3 is 0 Å². The van der Waals surface area contributed by atoms with E-state index in [1.807, 2.05) is 6.92 Å². The SMILES string of the molecule is Cc1cnc(Cl)c2ccc(F)cc12. The largest absolute Gasteiger partial charge is 0.244 e. The molecule has 1 aromatic carbocycles. The van der Waals surface area contributed by atoms with E-state index in [1.165, 1.54) is 12.1 Å². The molecule has 1 aromatic heterocycles. The minimum Gasteiger partial charge on any atom is -0.244 e. The molecule has 0 aliphatic heterocycles. The molecule has 0 fully saturated rings. The third-order valence-electron chi connectivity index (χ3n) is 2.00. The van der Waals surface area contributed by atoms with Crippen molar-refractivity contribution in [3.8, 4) is 0 Å². The van der Waals surface area contributed by atoms with Gasteiger partial charge in [-0.05, 0) is 36.1 Å². The van der Waals surface area contributed by atoms with Gasteiger partial charge in [-0.15, -0.1) is 0 Å². The second-order valence-corrected chi connectivity index (χ2v) is 3.28. The van der Waals surface area contributed by atoms with E-state index in [4.69, 9.17) is 11.6 Å². The Morgan fingerprint density at radius 1 is 1.31 bits per heavy atom. The first-order valence-corrected chi connectivity index (χ1v) is 4.26. The van der Waals surface area contributed by atoms with E-state index in [-0.39, 0.29) is 5.82 Å². The van der Waals surface area contributed by atoms with E-state index < -0.39 is 0 Å². The number of hydrogen-bond acceptors (Lipinski definition) is 1. The molecule has 0 N–H and O–H groups in total. The Kier molecular flexibility index (Phi) is 1.93. The summed E-state index contributed by atoms with van der Waals surface area (Å²) < 4.78 is 12.9. The van der Waals surface area contributed by atoms with Crippen LogP contribution in [0.1, 0.15) is 5.56 Å². The van der Waals surface area contributed by atoms with Gasteiger partial charge in [0.1, 0.15) is 11.0 Å². The third kappa shape index (κ3) is 1.38. The first kappa shape index (κ1) is 8.45. The maximum Gasteiger partial charge on any atom is 0.136 e. The Morgan fingerprint density at radius 2 is 2.08 bits per heavy atom. The molecule has 2 aromatic rings. The molecule has 66 valence electrons. The molecule has 0 radical (unpaired) electrons. The summed E-state index contributed by atoms with van der Waals surface area (Å²) >= 11 is 5.85. The maximum absolute atomic E-state index is 12.9. The Labute approximate surface area is 80.2 Å². The topological polar surface area (TPSA) is 12.9 Å². The summed E-state index contributed by atoms with van der Waals surface area (Å²) in [7, 11) is 0. The Balaban J connectivity index is 2.92. The van der Waals surface area contributed by atoms with Crippen LogP contribution in [0.4, 0.5) is 4.39 Å². The molecular weight excluding hydrogens is 189 g/mol. The lowest BCUT2D eigenvalue weighted by molar-refractivity contribution is 0.629. The first-order chi connectivity index (χ1) is 6.18. The highest BCUT2D eigenvalue weighted by Gasteiger charge is 2.03. The van der Waals surface area contributed by atoms with Crippen molar-refractivity contribution in [1.82, 2.24) is 4.98 Å². The second-order valence-electron chi connectivity index (χ2n) is 2.92. The van der Waals surface area contributed by atoms with E-state index in [0.29, 0.717) is 5.15 Å². The molecule has 0 saturated carbocycles. The molecular formula is C10H7ClFN. The highest BCUT2D eigenvalue weighted by molar-refractivity contribution is 6.34. The molecule has 2 rings (SSSR count). The van der Waals surface area contributed by atoms with Gasteiger partial charge in [-0.2, -0.15) is 0 Å². The van der Waals surface area contributed by atoms with E-state index >= 15 is 0 Å². The number of pyridine rings is 1. The van der Waals surface area contributed by atoms with Crippen molar-refractivity contribution >= 4 is 22.4 Å². The van der Waals surface area contributed by atoms with Gasteiger partial charge in [0, 0.05) is 11.6 Å². The van der Waals surface area contributed by atoms with Gasteiger partial charge in [0.2, 0.25) is 0 Å². The number of halogens is 2. The van der Waals surface area contributed by atoms with Gasteiger partial charge in [0.15, 0.2) is 0 Å². The number of aromatic nitrogens is 1. The molecule has 0 unspecified atom stereocenters. The molecule has 0 aliphatic carbocycles. The Bertz CT molecular complexity index is 468. The van der Waals surface area contributed by atoms with Crippen LogP contribution in [0.3, 0.4) is 0 Å². The van der Waals surface area contributed by atoms with Crippen molar-refractivity contribution < 1.29 is 4.39 Å². The van der Waals surface area contributed by atoms with E-state index in [0.717, 1.165) is 16.3 Å². The lowest BCUT2D eigenvalue weighted by Gasteiger charge is -2.02. The van der Waals surface area contributed by atoms with Crippen LogP contribution in [0, 0.1) is 12.7 Å². The van der Waals surface area contributed by atoms with Gasteiger partial charge in [0.25, 0.3) is 0 Å². The number of benzene rings is 1. The van der Waals surface area contributed by atoms with Crippen molar-refractivity contribution in [2.45, 2.75) is 6.92 Å². The van der Waals surface area contributed by atoms with Crippen LogP contribution in [-0.4, -0.2) is 4.98 Å².